The number of fused-ring (bicyclic) bond motifs is 1. The van der Waals surface area contributed by atoms with E-state index in [-0.39, 0.29) is 0 Å². The molecular formula is C11H14O2. The maximum atomic E-state index is 8.66. The summed E-state index contributed by atoms with van der Waals surface area (Å²) in [5, 5.41) is 8.66. The second-order valence-electron chi connectivity index (χ2n) is 3.67. The largest absolute Gasteiger partial charge is 0.340 e. The zero-order chi connectivity index (χ0) is 9.42. The molecule has 0 aromatic heterocycles. The molecule has 1 atom stereocenters. The first-order chi connectivity index (χ1) is 6.27. The minimum atomic E-state index is 0.531. The zero-order valence-corrected chi connectivity index (χ0v) is 8.00. The summed E-state index contributed by atoms with van der Waals surface area (Å²) in [6, 6.07) is 3.89. The van der Waals surface area contributed by atoms with E-state index in [4.69, 9.17) is 5.26 Å². The Hall–Kier alpha value is -1.02. The summed E-state index contributed by atoms with van der Waals surface area (Å²) in [7, 11) is 0. The van der Waals surface area contributed by atoms with Gasteiger partial charge in [0.05, 0.1) is 0 Å². The lowest BCUT2D eigenvalue weighted by atomic mass is 9.75. The molecule has 0 radical (unpaired) electrons. The molecule has 2 rings (SSSR count). The summed E-state index contributed by atoms with van der Waals surface area (Å²) < 4.78 is 0. The topological polar surface area (TPSA) is 29.5 Å². The summed E-state index contributed by atoms with van der Waals surface area (Å²) in [6.45, 7) is 4.31. The van der Waals surface area contributed by atoms with Crippen molar-refractivity contribution < 1.29 is 10.1 Å². The van der Waals surface area contributed by atoms with E-state index >= 15 is 0 Å². The van der Waals surface area contributed by atoms with Gasteiger partial charge in [0, 0.05) is 5.56 Å². The van der Waals surface area contributed by atoms with Gasteiger partial charge in [-0.05, 0) is 36.0 Å². The van der Waals surface area contributed by atoms with Crippen LogP contribution in [-0.2, 0) is 12.8 Å². The van der Waals surface area contributed by atoms with Gasteiger partial charge in [0.15, 0.2) is 5.75 Å². The van der Waals surface area contributed by atoms with Crippen molar-refractivity contribution in [2.75, 3.05) is 0 Å². The Bertz CT molecular complexity index is 331. The van der Waals surface area contributed by atoms with E-state index in [9.17, 15) is 0 Å². The maximum Gasteiger partial charge on any atom is 0.168 e. The predicted molar refractivity (Wildman–Crippen MR) is 51.2 cm³/mol. The molecule has 0 aliphatic heterocycles. The molecule has 1 aromatic carbocycles. The van der Waals surface area contributed by atoms with Gasteiger partial charge in [0.2, 0.25) is 0 Å². The molecule has 2 nitrogen and oxygen atoms in total. The molecule has 0 amide bonds. The van der Waals surface area contributed by atoms with E-state index in [0.29, 0.717) is 11.7 Å². The highest BCUT2D eigenvalue weighted by molar-refractivity contribution is 5.53. The molecule has 1 N–H and O–H groups in total. The predicted octanol–water partition coefficient (Wildman–Crippen LogP) is 2.76. The fourth-order valence-corrected chi connectivity index (χ4v) is 2.16. The normalized spacial score (nSPS) is 19.2. The second-order valence-corrected chi connectivity index (χ2v) is 3.67. The van der Waals surface area contributed by atoms with E-state index in [1.807, 2.05) is 12.1 Å². The van der Waals surface area contributed by atoms with Crippen LogP contribution in [0.1, 0.15) is 36.5 Å². The van der Waals surface area contributed by atoms with Gasteiger partial charge in [0.25, 0.3) is 0 Å². The molecule has 2 heteroatoms. The second kappa shape index (κ2) is 3.04. The first-order valence-corrected chi connectivity index (χ1v) is 4.74. The van der Waals surface area contributed by atoms with Crippen LogP contribution in [-0.4, -0.2) is 5.26 Å². The highest BCUT2D eigenvalue weighted by Crippen LogP contribution is 2.43. The molecule has 1 aromatic rings. The van der Waals surface area contributed by atoms with Crippen LogP contribution in [0.25, 0.3) is 0 Å². The van der Waals surface area contributed by atoms with E-state index in [2.05, 4.69) is 18.7 Å². The Morgan fingerprint density at radius 1 is 1.54 bits per heavy atom. The van der Waals surface area contributed by atoms with Crippen LogP contribution >= 0.6 is 0 Å². The van der Waals surface area contributed by atoms with Gasteiger partial charge in [-0.2, -0.15) is 0 Å². The van der Waals surface area contributed by atoms with Crippen molar-refractivity contribution >= 4 is 0 Å². The number of hydrogen-bond acceptors (Lipinski definition) is 2. The average molecular weight is 178 g/mol. The van der Waals surface area contributed by atoms with Gasteiger partial charge in [-0.3, -0.25) is 0 Å². The monoisotopic (exact) mass is 178 g/mol. The number of benzene rings is 1. The summed E-state index contributed by atoms with van der Waals surface area (Å²) in [4.78, 5) is 4.35. The third kappa shape index (κ3) is 1.13. The highest BCUT2D eigenvalue weighted by atomic mass is 17.1. The summed E-state index contributed by atoms with van der Waals surface area (Å²) in [5.74, 6) is 1.16. The van der Waals surface area contributed by atoms with E-state index < -0.39 is 0 Å². The molecular weight excluding hydrogens is 164 g/mol. The quantitative estimate of drug-likeness (QED) is 0.557. The van der Waals surface area contributed by atoms with Crippen LogP contribution in [0, 0.1) is 0 Å². The molecule has 0 heterocycles. The first kappa shape index (κ1) is 8.57. The zero-order valence-electron chi connectivity index (χ0n) is 8.00. The van der Waals surface area contributed by atoms with Crippen LogP contribution in [0.3, 0.4) is 0 Å². The van der Waals surface area contributed by atoms with Crippen molar-refractivity contribution in [3.63, 3.8) is 0 Å². The van der Waals surface area contributed by atoms with Crippen molar-refractivity contribution in [2.24, 2.45) is 0 Å². The van der Waals surface area contributed by atoms with Crippen LogP contribution in [0.5, 0.6) is 5.75 Å². The third-order valence-corrected chi connectivity index (χ3v) is 2.90. The van der Waals surface area contributed by atoms with Crippen LogP contribution < -0.4 is 4.89 Å². The molecule has 1 aliphatic rings. The fourth-order valence-electron chi connectivity index (χ4n) is 2.16. The minimum absolute atomic E-state index is 0.531. The lowest BCUT2D eigenvalue weighted by Crippen LogP contribution is -2.18. The molecule has 0 saturated heterocycles. The van der Waals surface area contributed by atoms with Crippen molar-refractivity contribution in [1.29, 1.82) is 0 Å². The SMILES string of the molecule is CCc1ccc(OO)c2c1CC2C. The van der Waals surface area contributed by atoms with E-state index in [1.165, 1.54) is 16.7 Å². The lowest BCUT2D eigenvalue weighted by Gasteiger charge is -2.30. The van der Waals surface area contributed by atoms with E-state index in [0.717, 1.165) is 12.8 Å². The molecule has 0 fully saturated rings. The Balaban J connectivity index is 2.51. The van der Waals surface area contributed by atoms with Crippen LogP contribution in [0.4, 0.5) is 0 Å². The van der Waals surface area contributed by atoms with Gasteiger partial charge in [-0.25, -0.2) is 5.26 Å². The fraction of sp³-hybridized carbons (Fsp3) is 0.455. The maximum absolute atomic E-state index is 8.66. The highest BCUT2D eigenvalue weighted by Gasteiger charge is 2.28. The van der Waals surface area contributed by atoms with Crippen molar-refractivity contribution in [2.45, 2.75) is 32.6 Å². The van der Waals surface area contributed by atoms with Crippen LogP contribution in [0.15, 0.2) is 12.1 Å². The average Bonchev–Trinajstić information content (AvgIpc) is 2.15. The third-order valence-electron chi connectivity index (χ3n) is 2.90. The van der Waals surface area contributed by atoms with Gasteiger partial charge in [0.1, 0.15) is 0 Å². The molecule has 0 saturated carbocycles. The summed E-state index contributed by atoms with van der Waals surface area (Å²) >= 11 is 0. The van der Waals surface area contributed by atoms with Crippen molar-refractivity contribution in [3.05, 3.63) is 28.8 Å². The molecule has 1 aliphatic carbocycles. The Kier molecular flexibility index (Phi) is 2.00. The summed E-state index contributed by atoms with van der Waals surface area (Å²) in [5.41, 5.74) is 3.96. The van der Waals surface area contributed by atoms with Crippen molar-refractivity contribution in [3.8, 4) is 5.75 Å². The summed E-state index contributed by atoms with van der Waals surface area (Å²) in [6.07, 6.45) is 2.18. The van der Waals surface area contributed by atoms with E-state index in [1.54, 1.807) is 0 Å². The number of rotatable bonds is 2. The van der Waals surface area contributed by atoms with Gasteiger partial charge in [-0.15, -0.1) is 0 Å². The lowest BCUT2D eigenvalue weighted by molar-refractivity contribution is -0.138. The Morgan fingerprint density at radius 2 is 2.31 bits per heavy atom. The van der Waals surface area contributed by atoms with Gasteiger partial charge < -0.3 is 4.89 Å². The molecule has 0 spiro atoms. The van der Waals surface area contributed by atoms with Crippen LogP contribution in [0.2, 0.25) is 0 Å². The number of hydrogen-bond donors (Lipinski definition) is 1. The van der Waals surface area contributed by atoms with Gasteiger partial charge >= 0.3 is 0 Å². The van der Waals surface area contributed by atoms with Gasteiger partial charge in [-0.1, -0.05) is 19.9 Å². The minimum Gasteiger partial charge on any atom is -0.340 e. The molecule has 1 unspecified atom stereocenters. The first-order valence-electron chi connectivity index (χ1n) is 4.74. The smallest absolute Gasteiger partial charge is 0.168 e. The molecule has 13 heavy (non-hydrogen) atoms. The Morgan fingerprint density at radius 3 is 2.85 bits per heavy atom. The molecule has 70 valence electrons. The van der Waals surface area contributed by atoms with Crippen molar-refractivity contribution in [1.82, 2.24) is 0 Å². The molecule has 0 bridgehead atoms. The Labute approximate surface area is 78.1 Å². The number of aryl methyl sites for hydroxylation is 1. The standard InChI is InChI=1S/C11H14O2/c1-3-8-4-5-10(13-12)11-7(2)6-9(8)11/h4-5,7,12H,3,6H2,1-2H3.